The second-order valence-corrected chi connectivity index (χ2v) is 15.3. The zero-order chi connectivity index (χ0) is 44.5. The first kappa shape index (κ1) is 43.2. The summed E-state index contributed by atoms with van der Waals surface area (Å²) in [6, 6.07) is 65.0. The van der Waals surface area contributed by atoms with Crippen molar-refractivity contribution in [2.24, 2.45) is 20.0 Å². The quantitative estimate of drug-likeness (QED) is 0.0807. The Morgan fingerprint density at radius 3 is 0.815 bits per heavy atom. The molecule has 6 nitrogen and oxygen atoms in total. The Bertz CT molecular complexity index is 2690. The van der Waals surface area contributed by atoms with E-state index in [0.717, 1.165) is 85.2 Å². The summed E-state index contributed by atoms with van der Waals surface area (Å²) in [5, 5.41) is 0. The lowest BCUT2D eigenvalue weighted by Gasteiger charge is -2.07. The molecule has 0 saturated heterocycles. The molecule has 0 aliphatic rings. The molecule has 0 N–H and O–H groups in total. The van der Waals surface area contributed by atoms with Crippen LogP contribution in [0.5, 0.6) is 11.5 Å². The van der Waals surface area contributed by atoms with Crippen LogP contribution in [0.2, 0.25) is 0 Å². The number of ether oxygens (including phenoxy) is 2. The van der Waals surface area contributed by atoms with Crippen molar-refractivity contribution in [3.63, 3.8) is 0 Å². The van der Waals surface area contributed by atoms with Gasteiger partial charge in [-0.1, -0.05) is 147 Å². The van der Waals surface area contributed by atoms with Crippen LogP contribution >= 0.6 is 0 Å². The van der Waals surface area contributed by atoms with Crippen molar-refractivity contribution in [1.29, 1.82) is 0 Å². The fourth-order valence-corrected chi connectivity index (χ4v) is 6.66. The number of aliphatic imine (C=N–C) groups is 4. The lowest BCUT2D eigenvalue weighted by atomic mass is 10.0. The van der Waals surface area contributed by atoms with Gasteiger partial charge in [-0.15, -0.1) is 0 Å². The summed E-state index contributed by atoms with van der Waals surface area (Å²) in [5.41, 5.74) is 14.4. The van der Waals surface area contributed by atoms with Crippen LogP contribution in [0.3, 0.4) is 0 Å². The van der Waals surface area contributed by atoms with Crippen LogP contribution in [0.15, 0.2) is 227 Å². The minimum Gasteiger partial charge on any atom is -0.489 e. The molecule has 0 amide bonds. The van der Waals surface area contributed by atoms with Gasteiger partial charge in [-0.2, -0.15) is 0 Å². The largest absolute Gasteiger partial charge is 0.489 e. The summed E-state index contributed by atoms with van der Waals surface area (Å²) in [7, 11) is 0. The van der Waals surface area contributed by atoms with E-state index in [0.29, 0.717) is 13.2 Å². The Hall–Kier alpha value is -8.48. The van der Waals surface area contributed by atoms with Crippen molar-refractivity contribution in [1.82, 2.24) is 0 Å². The van der Waals surface area contributed by atoms with Crippen LogP contribution in [0.4, 0.5) is 22.7 Å². The minimum atomic E-state index is 0.509. The van der Waals surface area contributed by atoms with E-state index >= 15 is 0 Å². The molecule has 0 radical (unpaired) electrons. The minimum absolute atomic E-state index is 0.509. The Balaban J connectivity index is 0.752. The Morgan fingerprint density at radius 1 is 0.292 bits per heavy atom. The topological polar surface area (TPSA) is 67.9 Å². The van der Waals surface area contributed by atoms with Gasteiger partial charge in [-0.25, -0.2) is 0 Å². The molecule has 0 aliphatic carbocycles. The van der Waals surface area contributed by atoms with E-state index in [1.807, 2.05) is 158 Å². The van der Waals surface area contributed by atoms with Crippen LogP contribution < -0.4 is 9.47 Å². The van der Waals surface area contributed by atoms with Crippen LogP contribution in [0.25, 0.3) is 12.2 Å². The first-order valence-electron chi connectivity index (χ1n) is 21.4. The monoisotopic (exact) mass is 844 g/mol. The first-order chi connectivity index (χ1) is 32.0. The molecule has 65 heavy (non-hydrogen) atoms. The van der Waals surface area contributed by atoms with Crippen molar-refractivity contribution in [3.05, 3.63) is 263 Å². The molecular formula is C59H48N4O2. The van der Waals surface area contributed by atoms with Gasteiger partial charge < -0.3 is 9.47 Å². The Labute approximate surface area is 381 Å². The number of nitrogens with zero attached hydrogens (tertiary/aromatic N) is 4. The molecule has 0 aromatic heterocycles. The van der Waals surface area contributed by atoms with Crippen molar-refractivity contribution in [2.75, 3.05) is 0 Å². The SMILES string of the molecule is C=Cc1ccc(COc2ccc(N=Cc3ccc(C=Nc4ccc(Cc5ccc(N=Cc6ccc(C=Nc7ccc(OCc8ccc(C=C)cc8)cc7)cc6)cc5)cc4)cc3)cc2)cc1. The van der Waals surface area contributed by atoms with E-state index in [1.54, 1.807) is 0 Å². The second-order valence-electron chi connectivity index (χ2n) is 15.3. The highest BCUT2D eigenvalue weighted by Gasteiger charge is 2.02. The normalized spacial score (nSPS) is 11.4. The van der Waals surface area contributed by atoms with Crippen molar-refractivity contribution < 1.29 is 9.47 Å². The van der Waals surface area contributed by atoms with Crippen molar-refractivity contribution in [2.45, 2.75) is 19.6 Å². The molecule has 8 aromatic rings. The highest BCUT2D eigenvalue weighted by atomic mass is 16.5. The van der Waals surface area contributed by atoms with Crippen LogP contribution in [-0.4, -0.2) is 24.9 Å². The molecule has 6 heteroatoms. The van der Waals surface area contributed by atoms with E-state index in [9.17, 15) is 0 Å². The third-order valence-electron chi connectivity index (χ3n) is 10.5. The lowest BCUT2D eigenvalue weighted by Crippen LogP contribution is -1.94. The van der Waals surface area contributed by atoms with Gasteiger partial charge >= 0.3 is 0 Å². The zero-order valence-electron chi connectivity index (χ0n) is 36.1. The maximum absolute atomic E-state index is 5.93. The molecule has 0 bridgehead atoms. The second kappa shape index (κ2) is 22.0. The summed E-state index contributed by atoms with van der Waals surface area (Å²) in [4.78, 5) is 18.7. The molecule has 0 heterocycles. The molecule has 0 aliphatic heterocycles. The summed E-state index contributed by atoms with van der Waals surface area (Å²) in [6.45, 7) is 8.61. The molecule has 0 fully saturated rings. The lowest BCUT2D eigenvalue weighted by molar-refractivity contribution is 0.306. The zero-order valence-corrected chi connectivity index (χ0v) is 36.1. The summed E-state index contributed by atoms with van der Waals surface area (Å²) in [6.07, 6.45) is 12.0. The number of benzene rings is 8. The number of hydrogen-bond donors (Lipinski definition) is 0. The van der Waals surface area contributed by atoms with Gasteiger partial charge in [0.05, 0.1) is 22.7 Å². The van der Waals surface area contributed by atoms with Gasteiger partial charge in [-0.3, -0.25) is 20.0 Å². The fraction of sp³-hybridized carbons (Fsp3) is 0.0508. The van der Waals surface area contributed by atoms with Gasteiger partial charge in [-0.05, 0) is 135 Å². The average Bonchev–Trinajstić information content (AvgIpc) is 3.37. The summed E-state index contributed by atoms with van der Waals surface area (Å²) in [5.74, 6) is 1.61. The van der Waals surface area contributed by atoms with Gasteiger partial charge in [0.25, 0.3) is 0 Å². The van der Waals surface area contributed by atoms with Crippen LogP contribution in [0.1, 0.15) is 55.6 Å². The van der Waals surface area contributed by atoms with Gasteiger partial charge in [0.1, 0.15) is 24.7 Å². The molecule has 316 valence electrons. The van der Waals surface area contributed by atoms with E-state index in [1.165, 1.54) is 11.1 Å². The predicted octanol–water partition coefficient (Wildman–Crippen LogP) is 14.7. The summed E-state index contributed by atoms with van der Waals surface area (Å²) >= 11 is 0. The molecular weight excluding hydrogens is 797 g/mol. The highest BCUT2D eigenvalue weighted by Crippen LogP contribution is 2.23. The number of hydrogen-bond acceptors (Lipinski definition) is 6. The van der Waals surface area contributed by atoms with Crippen LogP contribution in [0, 0.1) is 0 Å². The van der Waals surface area contributed by atoms with E-state index < -0.39 is 0 Å². The smallest absolute Gasteiger partial charge is 0.119 e. The maximum atomic E-state index is 5.93. The first-order valence-corrected chi connectivity index (χ1v) is 21.4. The van der Waals surface area contributed by atoms with E-state index in [4.69, 9.17) is 19.5 Å². The molecule has 0 saturated carbocycles. The number of rotatable bonds is 18. The van der Waals surface area contributed by atoms with Gasteiger partial charge in [0.15, 0.2) is 0 Å². The standard InChI is InChI=1S/C59H48N4O2/c1-3-44-5-17-52(18-6-44)42-64-58-33-29-56(30-34-58)62-40-50-13-9-48(10-14-50)38-60-54-25-21-46(22-26-54)37-47-23-27-55(28-24-47)61-39-49-11-15-51(16-12-49)41-63-57-31-35-59(36-32-57)65-43-53-19-7-45(4-2)8-20-53/h3-36,38-41H,1-2,37,42-43H2. The van der Waals surface area contributed by atoms with E-state index in [2.05, 4.69) is 95.9 Å². The van der Waals surface area contributed by atoms with Gasteiger partial charge in [0, 0.05) is 24.9 Å². The van der Waals surface area contributed by atoms with Crippen molar-refractivity contribution in [3.8, 4) is 11.5 Å². The molecule has 0 spiro atoms. The highest BCUT2D eigenvalue weighted by molar-refractivity contribution is 5.87. The predicted molar refractivity (Wildman–Crippen MR) is 272 cm³/mol. The molecule has 8 rings (SSSR count). The molecule has 0 unspecified atom stereocenters. The van der Waals surface area contributed by atoms with E-state index in [-0.39, 0.29) is 0 Å². The average molecular weight is 845 g/mol. The Morgan fingerprint density at radius 2 is 0.538 bits per heavy atom. The third kappa shape index (κ3) is 13.3. The Kier molecular flexibility index (Phi) is 14.6. The molecule has 0 atom stereocenters. The van der Waals surface area contributed by atoms with Gasteiger partial charge in [0.2, 0.25) is 0 Å². The van der Waals surface area contributed by atoms with Crippen LogP contribution in [-0.2, 0) is 19.6 Å². The summed E-state index contributed by atoms with van der Waals surface area (Å²) < 4.78 is 11.9. The maximum Gasteiger partial charge on any atom is 0.119 e. The molecule has 8 aromatic carbocycles. The van der Waals surface area contributed by atoms with Crippen molar-refractivity contribution >= 4 is 59.8 Å². The fourth-order valence-electron chi connectivity index (χ4n) is 6.66. The third-order valence-corrected chi connectivity index (χ3v) is 10.5.